The van der Waals surface area contributed by atoms with Gasteiger partial charge in [0.1, 0.15) is 10.9 Å². The number of nitrogens with one attached hydrogen (secondary N) is 1. The Balaban J connectivity index is 1.42. The number of carbonyl (C=O) groups excluding carboxylic acids is 1. The molecule has 0 saturated carbocycles. The molecule has 1 fully saturated rings. The molecule has 2 atom stereocenters. The van der Waals surface area contributed by atoms with Crippen LogP contribution in [-0.2, 0) is 4.79 Å². The van der Waals surface area contributed by atoms with Gasteiger partial charge in [0, 0.05) is 25.6 Å². The van der Waals surface area contributed by atoms with Gasteiger partial charge in [-0.2, -0.15) is 0 Å². The highest BCUT2D eigenvalue weighted by Gasteiger charge is 2.48. The Hall–Kier alpha value is -3.11. The van der Waals surface area contributed by atoms with E-state index in [0.717, 1.165) is 16.8 Å². The summed E-state index contributed by atoms with van der Waals surface area (Å²) in [6.07, 6.45) is 0.378. The molecule has 31 heavy (non-hydrogen) atoms. The van der Waals surface area contributed by atoms with E-state index in [1.165, 1.54) is 11.8 Å². The van der Waals surface area contributed by atoms with E-state index in [0.29, 0.717) is 29.7 Å². The Morgan fingerprint density at radius 1 is 1.29 bits per heavy atom. The maximum absolute atomic E-state index is 12.4. The smallest absolute Gasteiger partial charge is 0.260 e. The molecule has 2 aliphatic heterocycles. The molecule has 154 valence electrons. The SMILES string of the molecule is [B]c1nc(N)c2nc(-c3cccc(C4NC(C5(O)CCN(C)C5=O)=CS4)c3)ccc2n1. The van der Waals surface area contributed by atoms with E-state index in [-0.39, 0.29) is 22.8 Å². The van der Waals surface area contributed by atoms with Gasteiger partial charge in [0.05, 0.1) is 22.6 Å². The summed E-state index contributed by atoms with van der Waals surface area (Å²) >= 11 is 1.52. The fourth-order valence-corrected chi connectivity index (χ4v) is 4.94. The van der Waals surface area contributed by atoms with E-state index in [1.807, 2.05) is 41.8 Å². The summed E-state index contributed by atoms with van der Waals surface area (Å²) in [5, 5.41) is 15.9. The van der Waals surface area contributed by atoms with Crippen LogP contribution < -0.4 is 16.8 Å². The second-order valence-electron chi connectivity index (χ2n) is 7.69. The van der Waals surface area contributed by atoms with Crippen LogP contribution in [-0.4, -0.2) is 57.9 Å². The number of nitrogens with two attached hydrogens (primary N) is 1. The van der Waals surface area contributed by atoms with E-state index in [4.69, 9.17) is 13.6 Å². The van der Waals surface area contributed by atoms with Crippen molar-refractivity contribution in [3.63, 3.8) is 0 Å². The highest BCUT2D eigenvalue weighted by molar-refractivity contribution is 8.02. The van der Waals surface area contributed by atoms with Crippen molar-refractivity contribution in [3.8, 4) is 11.3 Å². The van der Waals surface area contributed by atoms with Crippen LogP contribution in [0, 0.1) is 0 Å². The maximum atomic E-state index is 12.4. The third-order valence-electron chi connectivity index (χ3n) is 5.64. The molecule has 4 N–H and O–H groups in total. The van der Waals surface area contributed by atoms with Crippen LogP contribution in [0.4, 0.5) is 5.82 Å². The number of likely N-dealkylation sites (N-methyl/N-ethyl adjacent to an activating group) is 1. The molecule has 1 aromatic carbocycles. The van der Waals surface area contributed by atoms with Crippen LogP contribution in [0.3, 0.4) is 0 Å². The number of benzene rings is 1. The molecule has 1 saturated heterocycles. The van der Waals surface area contributed by atoms with Crippen molar-refractivity contribution in [1.29, 1.82) is 0 Å². The van der Waals surface area contributed by atoms with Gasteiger partial charge in [0.2, 0.25) is 0 Å². The number of carbonyl (C=O) groups is 1. The summed E-state index contributed by atoms with van der Waals surface area (Å²) in [6.45, 7) is 0.533. The van der Waals surface area contributed by atoms with Crippen molar-refractivity contribution in [2.24, 2.45) is 0 Å². The number of hydrogen-bond acceptors (Lipinski definition) is 8. The third-order valence-corrected chi connectivity index (χ3v) is 6.67. The largest absolute Gasteiger partial charge is 0.382 e. The standard InChI is InChI=1S/C21H19BN6O2S/c1-28-8-7-21(30,19(28)29)15-10-31-18(26-15)12-4-2-3-11(9-12)13-5-6-14-16(24-13)17(23)27-20(22)25-14/h2-6,9-10,18,26,30H,7-8H2,1H3,(H2,23,25,27). The minimum Gasteiger partial charge on any atom is -0.382 e. The topological polar surface area (TPSA) is 117 Å². The van der Waals surface area contributed by atoms with Crippen LogP contribution in [0.15, 0.2) is 47.5 Å². The van der Waals surface area contributed by atoms with Crippen LogP contribution in [0.1, 0.15) is 17.4 Å². The highest BCUT2D eigenvalue weighted by Crippen LogP contribution is 2.41. The first-order valence-corrected chi connectivity index (χ1v) is 10.7. The van der Waals surface area contributed by atoms with Gasteiger partial charge in [-0.25, -0.2) is 15.0 Å². The number of rotatable bonds is 3. The van der Waals surface area contributed by atoms with Gasteiger partial charge in [-0.15, -0.1) is 11.8 Å². The number of amides is 1. The lowest BCUT2D eigenvalue weighted by Gasteiger charge is -2.24. The number of aliphatic hydroxyl groups is 1. The summed E-state index contributed by atoms with van der Waals surface area (Å²) in [7, 11) is 7.36. The van der Waals surface area contributed by atoms with Crippen LogP contribution in [0.25, 0.3) is 22.3 Å². The summed E-state index contributed by atoms with van der Waals surface area (Å²) in [5.41, 5.74) is 8.88. The first kappa shape index (κ1) is 19.8. The van der Waals surface area contributed by atoms with Gasteiger partial charge >= 0.3 is 0 Å². The Bertz CT molecular complexity index is 1250. The van der Waals surface area contributed by atoms with Gasteiger partial charge in [-0.3, -0.25) is 4.79 Å². The van der Waals surface area contributed by atoms with Crippen LogP contribution in [0.5, 0.6) is 0 Å². The fraction of sp³-hybridized carbons (Fsp3) is 0.238. The first-order chi connectivity index (χ1) is 14.8. The number of likely N-dealkylation sites (tertiary alicyclic amines) is 1. The lowest BCUT2D eigenvalue weighted by atomic mass is 9.98. The van der Waals surface area contributed by atoms with E-state index < -0.39 is 5.60 Å². The van der Waals surface area contributed by atoms with Gasteiger partial charge in [0.15, 0.2) is 19.3 Å². The summed E-state index contributed by atoms with van der Waals surface area (Å²) in [4.78, 5) is 26.7. The number of nitrogens with zero attached hydrogens (tertiary/aromatic N) is 4. The lowest BCUT2D eigenvalue weighted by molar-refractivity contribution is -0.139. The molecule has 1 amide bonds. The second-order valence-corrected chi connectivity index (χ2v) is 8.66. The van der Waals surface area contributed by atoms with E-state index in [2.05, 4.69) is 20.3 Å². The maximum Gasteiger partial charge on any atom is 0.260 e. The third kappa shape index (κ3) is 3.32. The highest BCUT2D eigenvalue weighted by atomic mass is 32.2. The molecule has 4 heterocycles. The molecular weight excluding hydrogens is 411 g/mol. The molecule has 5 rings (SSSR count). The van der Waals surface area contributed by atoms with E-state index >= 15 is 0 Å². The number of pyridine rings is 1. The van der Waals surface area contributed by atoms with Crippen molar-refractivity contribution < 1.29 is 9.90 Å². The van der Waals surface area contributed by atoms with Crippen LogP contribution >= 0.6 is 11.8 Å². The van der Waals surface area contributed by atoms with Gasteiger partial charge in [-0.05, 0) is 29.2 Å². The molecule has 2 aliphatic rings. The lowest BCUT2D eigenvalue weighted by Crippen LogP contribution is -2.44. The molecule has 2 aromatic heterocycles. The second kappa shape index (κ2) is 7.24. The molecule has 8 nitrogen and oxygen atoms in total. The minimum atomic E-state index is -1.48. The molecule has 3 aromatic rings. The Morgan fingerprint density at radius 2 is 2.13 bits per heavy atom. The van der Waals surface area contributed by atoms with Crippen LogP contribution in [0.2, 0.25) is 0 Å². The molecule has 2 radical (unpaired) electrons. The average Bonchev–Trinajstić information content (AvgIpc) is 3.36. The predicted molar refractivity (Wildman–Crippen MR) is 121 cm³/mol. The molecule has 0 aliphatic carbocycles. The van der Waals surface area contributed by atoms with E-state index in [1.54, 1.807) is 11.9 Å². The number of nitrogen functional groups attached to an aromatic ring is 1. The number of thioether (sulfide) groups is 1. The zero-order valence-corrected chi connectivity index (χ0v) is 17.6. The molecule has 10 heteroatoms. The van der Waals surface area contributed by atoms with Crippen molar-refractivity contribution in [2.75, 3.05) is 19.3 Å². The monoisotopic (exact) mass is 430 g/mol. The number of fused-ring (bicyclic) bond motifs is 1. The molecule has 2 unspecified atom stereocenters. The van der Waals surface area contributed by atoms with Crippen molar-refractivity contribution in [2.45, 2.75) is 17.4 Å². The number of hydrogen-bond donors (Lipinski definition) is 3. The predicted octanol–water partition coefficient (Wildman–Crippen LogP) is 0.837. The Morgan fingerprint density at radius 3 is 2.90 bits per heavy atom. The molecule has 0 spiro atoms. The average molecular weight is 430 g/mol. The normalized spacial score (nSPS) is 23.3. The van der Waals surface area contributed by atoms with Crippen molar-refractivity contribution in [3.05, 3.63) is 53.1 Å². The van der Waals surface area contributed by atoms with Gasteiger partial charge in [-0.1, -0.05) is 18.2 Å². The van der Waals surface area contributed by atoms with E-state index in [9.17, 15) is 9.90 Å². The minimum absolute atomic E-state index is 0.114. The van der Waals surface area contributed by atoms with Gasteiger partial charge < -0.3 is 21.1 Å². The Kier molecular flexibility index (Phi) is 4.63. The number of anilines is 1. The van der Waals surface area contributed by atoms with Gasteiger partial charge in [0.25, 0.3) is 5.91 Å². The summed E-state index contributed by atoms with van der Waals surface area (Å²) < 4.78 is 0. The Labute approximate surface area is 184 Å². The zero-order chi connectivity index (χ0) is 21.8. The zero-order valence-electron chi connectivity index (χ0n) is 16.7. The quantitative estimate of drug-likeness (QED) is 0.524. The first-order valence-electron chi connectivity index (χ1n) is 9.76. The number of aromatic nitrogens is 3. The summed E-state index contributed by atoms with van der Waals surface area (Å²) in [6, 6.07) is 11.6. The molecule has 0 bridgehead atoms. The fourth-order valence-electron chi connectivity index (χ4n) is 3.90. The molecular formula is C21H19BN6O2S. The van der Waals surface area contributed by atoms with Crippen molar-refractivity contribution >= 4 is 48.1 Å². The summed E-state index contributed by atoms with van der Waals surface area (Å²) in [5.74, 6) is -0.0381. The van der Waals surface area contributed by atoms with Crippen molar-refractivity contribution in [1.82, 2.24) is 25.2 Å².